The molecule has 0 spiro atoms. The van der Waals surface area contributed by atoms with Crippen LogP contribution in [-0.2, 0) is 0 Å². The van der Waals surface area contributed by atoms with Gasteiger partial charge in [0.15, 0.2) is 0 Å². The Morgan fingerprint density at radius 1 is 1.33 bits per heavy atom. The third kappa shape index (κ3) is 3.96. The lowest BCUT2D eigenvalue weighted by molar-refractivity contribution is 0.191. The lowest BCUT2D eigenvalue weighted by atomic mass is 9.98. The summed E-state index contributed by atoms with van der Waals surface area (Å²) in [5, 5.41) is 13.0. The van der Waals surface area contributed by atoms with E-state index in [1.807, 2.05) is 0 Å². The topological polar surface area (TPSA) is 39.1 Å². The average Bonchev–Trinajstić information content (AvgIpc) is 2.73. The highest BCUT2D eigenvalue weighted by Gasteiger charge is 2.41. The van der Waals surface area contributed by atoms with Crippen molar-refractivity contribution in [2.75, 3.05) is 13.1 Å². The van der Waals surface area contributed by atoms with E-state index in [9.17, 15) is 5.26 Å². The van der Waals surface area contributed by atoms with Gasteiger partial charge in [-0.15, -0.1) is 0 Å². The molecule has 1 aliphatic rings. The number of nitrogens with one attached hydrogen (secondary N) is 1. The highest BCUT2D eigenvalue weighted by atomic mass is 15.2. The molecule has 0 bridgehead atoms. The van der Waals surface area contributed by atoms with Crippen molar-refractivity contribution in [2.45, 2.75) is 77.4 Å². The fourth-order valence-electron chi connectivity index (χ4n) is 3.20. The standard InChI is InChI=1S/C15H29N3/c1-5-9-18(10-6-2)14-7-8-15(11-14,12-16)17-13(3)4/h13-14,17H,5-11H2,1-4H3. The summed E-state index contributed by atoms with van der Waals surface area (Å²) in [7, 11) is 0. The Balaban J connectivity index is 2.64. The van der Waals surface area contributed by atoms with Crippen LogP contribution < -0.4 is 5.32 Å². The third-order valence-electron chi connectivity index (χ3n) is 3.81. The van der Waals surface area contributed by atoms with Gasteiger partial charge in [0.2, 0.25) is 0 Å². The van der Waals surface area contributed by atoms with Crippen LogP contribution in [0.25, 0.3) is 0 Å². The first-order valence-corrected chi connectivity index (χ1v) is 7.50. The Morgan fingerprint density at radius 2 is 1.94 bits per heavy atom. The van der Waals surface area contributed by atoms with Crippen molar-refractivity contribution in [3.63, 3.8) is 0 Å². The van der Waals surface area contributed by atoms with Crippen LogP contribution in [0.15, 0.2) is 0 Å². The van der Waals surface area contributed by atoms with Crippen LogP contribution in [0.3, 0.4) is 0 Å². The molecule has 1 aliphatic carbocycles. The molecule has 3 heteroatoms. The second-order valence-corrected chi connectivity index (χ2v) is 5.93. The quantitative estimate of drug-likeness (QED) is 0.756. The van der Waals surface area contributed by atoms with Crippen LogP contribution in [0.4, 0.5) is 0 Å². The summed E-state index contributed by atoms with van der Waals surface area (Å²) < 4.78 is 0. The molecular formula is C15H29N3. The van der Waals surface area contributed by atoms with Crippen LogP contribution in [0.5, 0.6) is 0 Å². The number of nitrogens with zero attached hydrogens (tertiary/aromatic N) is 2. The maximum absolute atomic E-state index is 9.49. The molecule has 104 valence electrons. The molecule has 1 N–H and O–H groups in total. The molecule has 1 saturated carbocycles. The maximum atomic E-state index is 9.49. The second-order valence-electron chi connectivity index (χ2n) is 5.93. The summed E-state index contributed by atoms with van der Waals surface area (Å²) in [6.45, 7) is 11.1. The minimum Gasteiger partial charge on any atom is -0.300 e. The van der Waals surface area contributed by atoms with Crippen LogP contribution in [-0.4, -0.2) is 35.6 Å². The van der Waals surface area contributed by atoms with Crippen LogP contribution in [0.1, 0.15) is 59.8 Å². The van der Waals surface area contributed by atoms with E-state index in [1.165, 1.54) is 25.9 Å². The van der Waals surface area contributed by atoms with Crippen molar-refractivity contribution >= 4 is 0 Å². The molecule has 0 heterocycles. The predicted molar refractivity (Wildman–Crippen MR) is 76.4 cm³/mol. The van der Waals surface area contributed by atoms with Gasteiger partial charge in [0.1, 0.15) is 5.54 Å². The fourth-order valence-corrected chi connectivity index (χ4v) is 3.20. The van der Waals surface area contributed by atoms with Gasteiger partial charge in [-0.3, -0.25) is 5.32 Å². The van der Waals surface area contributed by atoms with Crippen molar-refractivity contribution in [1.82, 2.24) is 10.2 Å². The van der Waals surface area contributed by atoms with Gasteiger partial charge in [0.05, 0.1) is 6.07 Å². The molecule has 0 saturated heterocycles. The number of hydrogen-bond donors (Lipinski definition) is 1. The van der Waals surface area contributed by atoms with E-state index in [1.54, 1.807) is 0 Å². The molecule has 18 heavy (non-hydrogen) atoms. The zero-order valence-electron chi connectivity index (χ0n) is 12.5. The van der Waals surface area contributed by atoms with Gasteiger partial charge in [0.25, 0.3) is 0 Å². The van der Waals surface area contributed by atoms with Gasteiger partial charge < -0.3 is 4.90 Å². The molecule has 0 aliphatic heterocycles. The lowest BCUT2D eigenvalue weighted by Crippen LogP contribution is -2.47. The molecule has 1 rings (SSSR count). The normalized spacial score (nSPS) is 27.9. The Kier molecular flexibility index (Phi) is 6.11. The average molecular weight is 251 g/mol. The molecular weight excluding hydrogens is 222 g/mol. The zero-order chi connectivity index (χ0) is 13.6. The Labute approximate surface area is 113 Å². The van der Waals surface area contributed by atoms with E-state index in [4.69, 9.17) is 0 Å². The summed E-state index contributed by atoms with van der Waals surface area (Å²) in [5.41, 5.74) is -0.279. The Hall–Kier alpha value is -0.590. The smallest absolute Gasteiger partial charge is 0.108 e. The van der Waals surface area contributed by atoms with Gasteiger partial charge in [-0.2, -0.15) is 5.26 Å². The van der Waals surface area contributed by atoms with E-state index in [-0.39, 0.29) is 5.54 Å². The highest BCUT2D eigenvalue weighted by molar-refractivity contribution is 5.13. The molecule has 2 atom stereocenters. The molecule has 0 aromatic rings. The summed E-state index contributed by atoms with van der Waals surface area (Å²) in [6, 6.07) is 3.52. The third-order valence-corrected chi connectivity index (χ3v) is 3.81. The fraction of sp³-hybridized carbons (Fsp3) is 0.933. The summed E-state index contributed by atoms with van der Waals surface area (Å²) in [4.78, 5) is 2.58. The molecule has 0 radical (unpaired) electrons. The SMILES string of the molecule is CCCN(CCC)C1CCC(C#N)(NC(C)C)C1. The molecule has 1 fully saturated rings. The van der Waals surface area contributed by atoms with Crippen LogP contribution in [0.2, 0.25) is 0 Å². The zero-order valence-corrected chi connectivity index (χ0v) is 12.5. The maximum Gasteiger partial charge on any atom is 0.108 e. The van der Waals surface area contributed by atoms with Crippen molar-refractivity contribution in [1.29, 1.82) is 5.26 Å². The van der Waals surface area contributed by atoms with E-state index < -0.39 is 0 Å². The van der Waals surface area contributed by atoms with Crippen molar-refractivity contribution in [3.8, 4) is 6.07 Å². The first-order valence-electron chi connectivity index (χ1n) is 7.50. The van der Waals surface area contributed by atoms with Crippen LogP contribution >= 0.6 is 0 Å². The first-order chi connectivity index (χ1) is 8.56. The molecule has 0 aromatic carbocycles. The van der Waals surface area contributed by atoms with Gasteiger partial charge in [0, 0.05) is 12.1 Å². The minimum atomic E-state index is -0.279. The van der Waals surface area contributed by atoms with E-state index in [0.717, 1.165) is 19.3 Å². The van der Waals surface area contributed by atoms with Crippen molar-refractivity contribution < 1.29 is 0 Å². The van der Waals surface area contributed by atoms with Crippen molar-refractivity contribution in [2.24, 2.45) is 0 Å². The van der Waals surface area contributed by atoms with Crippen molar-refractivity contribution in [3.05, 3.63) is 0 Å². The highest BCUT2D eigenvalue weighted by Crippen LogP contribution is 2.33. The van der Waals surface area contributed by atoms with E-state index >= 15 is 0 Å². The van der Waals surface area contributed by atoms with Gasteiger partial charge in [-0.25, -0.2) is 0 Å². The first kappa shape index (κ1) is 15.5. The predicted octanol–water partition coefficient (Wildman–Crippen LogP) is 2.92. The molecule has 0 amide bonds. The van der Waals surface area contributed by atoms with Crippen LogP contribution in [0, 0.1) is 11.3 Å². The minimum absolute atomic E-state index is 0.279. The molecule has 3 nitrogen and oxygen atoms in total. The monoisotopic (exact) mass is 251 g/mol. The van der Waals surface area contributed by atoms with Gasteiger partial charge in [-0.05, 0) is 59.0 Å². The molecule has 0 aromatic heterocycles. The largest absolute Gasteiger partial charge is 0.300 e. The molecule has 2 unspecified atom stereocenters. The van der Waals surface area contributed by atoms with Gasteiger partial charge in [-0.1, -0.05) is 13.8 Å². The number of rotatable bonds is 7. The Morgan fingerprint density at radius 3 is 2.39 bits per heavy atom. The second kappa shape index (κ2) is 7.11. The number of hydrogen-bond acceptors (Lipinski definition) is 3. The summed E-state index contributed by atoms with van der Waals surface area (Å²) in [5.74, 6) is 0. The Bertz CT molecular complexity index is 276. The van der Waals surface area contributed by atoms with E-state index in [2.05, 4.69) is 44.0 Å². The summed E-state index contributed by atoms with van der Waals surface area (Å²) in [6.07, 6.45) is 5.55. The summed E-state index contributed by atoms with van der Waals surface area (Å²) >= 11 is 0. The van der Waals surface area contributed by atoms with E-state index in [0.29, 0.717) is 12.1 Å². The van der Waals surface area contributed by atoms with Gasteiger partial charge >= 0.3 is 0 Å². The number of nitriles is 1. The lowest BCUT2D eigenvalue weighted by Gasteiger charge is -2.30.